The fourth-order valence-corrected chi connectivity index (χ4v) is 2.72. The first-order chi connectivity index (χ1) is 13.1. The number of nitrogens with one attached hydrogen (secondary N) is 1. The van der Waals surface area contributed by atoms with Gasteiger partial charge in [0, 0.05) is 11.1 Å². The van der Waals surface area contributed by atoms with Crippen LogP contribution in [0.4, 0.5) is 16.3 Å². The summed E-state index contributed by atoms with van der Waals surface area (Å²) in [6.45, 7) is 5.29. The number of hydrogen-bond acceptors (Lipinski definition) is 6. The van der Waals surface area contributed by atoms with Crippen molar-refractivity contribution in [3.8, 4) is 5.75 Å². The van der Waals surface area contributed by atoms with E-state index in [1.807, 2.05) is 0 Å². The van der Waals surface area contributed by atoms with Crippen molar-refractivity contribution in [2.45, 2.75) is 32.8 Å². The van der Waals surface area contributed by atoms with Crippen molar-refractivity contribution in [3.05, 3.63) is 48.0 Å². The molecule has 0 fully saturated rings. The number of fused-ring (bicyclic) bond motifs is 1. The molecule has 0 bridgehead atoms. The van der Waals surface area contributed by atoms with Gasteiger partial charge in [0.25, 0.3) is 0 Å². The number of carbonyl (C=O) groups is 2. The number of amides is 1. The van der Waals surface area contributed by atoms with Crippen LogP contribution in [0, 0.1) is 0 Å². The van der Waals surface area contributed by atoms with E-state index in [2.05, 4.69) is 10.4 Å². The van der Waals surface area contributed by atoms with Gasteiger partial charge in [0.05, 0.1) is 11.9 Å². The van der Waals surface area contributed by atoms with Gasteiger partial charge in [-0.2, -0.15) is 4.68 Å². The van der Waals surface area contributed by atoms with E-state index in [4.69, 9.17) is 10.5 Å². The fraction of sp³-hybridized carbons (Fsp3) is 0.250. The highest BCUT2D eigenvalue weighted by Crippen LogP contribution is 2.25. The lowest BCUT2D eigenvalue weighted by molar-refractivity contribution is -0.115. The number of nitrogen functional groups attached to an aromatic ring is 1. The van der Waals surface area contributed by atoms with Crippen LogP contribution < -0.4 is 11.1 Å². The van der Waals surface area contributed by atoms with Crippen LogP contribution >= 0.6 is 0 Å². The first kappa shape index (κ1) is 19.2. The van der Waals surface area contributed by atoms with Crippen LogP contribution in [-0.2, 0) is 16.0 Å². The Morgan fingerprint density at radius 3 is 2.64 bits per heavy atom. The highest BCUT2D eigenvalue weighted by Gasteiger charge is 2.21. The maximum Gasteiger partial charge on any atom is 0.435 e. The number of nitrogens with zero attached hydrogens (tertiary/aromatic N) is 2. The molecule has 2 aromatic carbocycles. The Morgan fingerprint density at radius 2 is 1.96 bits per heavy atom. The molecule has 0 radical (unpaired) electrons. The lowest BCUT2D eigenvalue weighted by atomic mass is 10.1. The molecule has 0 aliphatic heterocycles. The number of hydrogen-bond donors (Lipinski definition) is 3. The average molecular weight is 382 g/mol. The van der Waals surface area contributed by atoms with Crippen LogP contribution in [-0.4, -0.2) is 32.5 Å². The van der Waals surface area contributed by atoms with E-state index >= 15 is 0 Å². The van der Waals surface area contributed by atoms with Crippen molar-refractivity contribution < 1.29 is 19.4 Å². The quantitative estimate of drug-likeness (QED) is 0.639. The zero-order valence-corrected chi connectivity index (χ0v) is 15.9. The van der Waals surface area contributed by atoms with Crippen LogP contribution in [0.2, 0.25) is 0 Å². The van der Waals surface area contributed by atoms with Gasteiger partial charge in [0.1, 0.15) is 11.4 Å². The van der Waals surface area contributed by atoms with Crippen molar-refractivity contribution >= 4 is 34.4 Å². The van der Waals surface area contributed by atoms with Gasteiger partial charge in [-0.15, -0.1) is 5.10 Å². The van der Waals surface area contributed by atoms with Crippen LogP contribution in [0.25, 0.3) is 10.9 Å². The lowest BCUT2D eigenvalue weighted by Crippen LogP contribution is -2.27. The van der Waals surface area contributed by atoms with E-state index in [9.17, 15) is 14.7 Å². The third kappa shape index (κ3) is 4.40. The van der Waals surface area contributed by atoms with Crippen LogP contribution in [0.1, 0.15) is 26.3 Å². The van der Waals surface area contributed by atoms with E-state index in [0.717, 1.165) is 4.68 Å². The Hall–Kier alpha value is -3.55. The summed E-state index contributed by atoms with van der Waals surface area (Å²) in [5.74, 6) is 0.0158. The predicted molar refractivity (Wildman–Crippen MR) is 106 cm³/mol. The summed E-state index contributed by atoms with van der Waals surface area (Å²) in [5, 5.41) is 16.8. The average Bonchev–Trinajstić information content (AvgIpc) is 2.90. The number of aromatic hydroxyl groups is 1. The maximum absolute atomic E-state index is 12.3. The Kier molecular flexibility index (Phi) is 4.96. The third-order valence-electron chi connectivity index (χ3n) is 3.83. The minimum absolute atomic E-state index is 0.106. The molecule has 8 nitrogen and oxygen atoms in total. The Labute approximate surface area is 161 Å². The smallest absolute Gasteiger partial charge is 0.435 e. The summed E-state index contributed by atoms with van der Waals surface area (Å²) in [6.07, 6.45) is -0.520. The molecule has 8 heteroatoms. The van der Waals surface area contributed by atoms with Gasteiger partial charge in [-0.1, -0.05) is 12.1 Å². The van der Waals surface area contributed by atoms with E-state index < -0.39 is 11.7 Å². The molecule has 3 rings (SSSR count). The normalized spacial score (nSPS) is 11.4. The van der Waals surface area contributed by atoms with Gasteiger partial charge < -0.3 is 20.9 Å². The number of carbonyl (C=O) groups excluding carboxylic acids is 2. The van der Waals surface area contributed by atoms with E-state index in [0.29, 0.717) is 22.2 Å². The Balaban J connectivity index is 1.80. The highest BCUT2D eigenvalue weighted by molar-refractivity contribution is 5.99. The monoisotopic (exact) mass is 382 g/mol. The molecule has 0 aliphatic carbocycles. The number of anilines is 2. The topological polar surface area (TPSA) is 119 Å². The first-order valence-corrected chi connectivity index (χ1v) is 8.72. The zero-order valence-electron chi connectivity index (χ0n) is 15.9. The van der Waals surface area contributed by atoms with E-state index in [-0.39, 0.29) is 23.9 Å². The molecule has 1 amide bonds. The highest BCUT2D eigenvalue weighted by atomic mass is 16.6. The van der Waals surface area contributed by atoms with Crippen molar-refractivity contribution in [2.24, 2.45) is 0 Å². The number of phenols is 1. The minimum atomic E-state index is -0.663. The molecule has 0 spiro atoms. The summed E-state index contributed by atoms with van der Waals surface area (Å²) < 4.78 is 6.44. The molecule has 3 aromatic rings. The van der Waals surface area contributed by atoms with Crippen molar-refractivity contribution in [1.82, 2.24) is 9.78 Å². The van der Waals surface area contributed by atoms with Crippen molar-refractivity contribution in [3.63, 3.8) is 0 Å². The van der Waals surface area contributed by atoms with Crippen LogP contribution in [0.5, 0.6) is 5.75 Å². The van der Waals surface area contributed by atoms with E-state index in [1.165, 1.54) is 6.07 Å². The van der Waals surface area contributed by atoms with Crippen LogP contribution in [0.3, 0.4) is 0 Å². The molecule has 0 saturated carbocycles. The number of nitrogens with two attached hydrogens (primary N) is 1. The third-order valence-corrected chi connectivity index (χ3v) is 3.83. The van der Waals surface area contributed by atoms with Gasteiger partial charge in [-0.3, -0.25) is 4.79 Å². The number of ether oxygens (including phenoxy) is 1. The molecular weight excluding hydrogens is 360 g/mol. The SMILES string of the molecule is CC(C)(C)OC(=O)n1nc(N)c2cc(NC(=O)Cc3cccc(O)c3)ccc21. The number of aromatic nitrogens is 2. The molecule has 0 unspecified atom stereocenters. The number of benzene rings is 2. The van der Waals surface area contributed by atoms with Gasteiger partial charge in [-0.25, -0.2) is 4.79 Å². The predicted octanol–water partition coefficient (Wildman–Crippen LogP) is 3.29. The second-order valence-electron chi connectivity index (χ2n) is 7.40. The largest absolute Gasteiger partial charge is 0.508 e. The van der Waals surface area contributed by atoms with Crippen molar-refractivity contribution in [2.75, 3.05) is 11.1 Å². The molecule has 0 saturated heterocycles. The summed E-state index contributed by atoms with van der Waals surface area (Å²) in [6, 6.07) is 11.5. The summed E-state index contributed by atoms with van der Waals surface area (Å²) in [4.78, 5) is 24.6. The molecular formula is C20H22N4O4. The number of rotatable bonds is 3. The van der Waals surface area contributed by atoms with Gasteiger partial charge >= 0.3 is 6.09 Å². The molecule has 1 heterocycles. The molecule has 4 N–H and O–H groups in total. The summed E-state index contributed by atoms with van der Waals surface area (Å²) in [7, 11) is 0. The molecule has 146 valence electrons. The standard InChI is InChI=1S/C20H22N4O4/c1-20(2,3)28-19(27)24-16-8-7-13(11-15(16)18(21)23-24)22-17(26)10-12-5-4-6-14(25)9-12/h4-9,11,25H,10H2,1-3H3,(H2,21,23)(H,22,26). The molecule has 0 atom stereocenters. The van der Waals surface area contributed by atoms with Gasteiger partial charge in [0.15, 0.2) is 5.82 Å². The summed E-state index contributed by atoms with van der Waals surface area (Å²) >= 11 is 0. The van der Waals surface area contributed by atoms with Crippen LogP contribution in [0.15, 0.2) is 42.5 Å². The Bertz CT molecular complexity index is 1050. The second kappa shape index (κ2) is 7.22. The fourth-order valence-electron chi connectivity index (χ4n) is 2.72. The molecule has 1 aromatic heterocycles. The van der Waals surface area contributed by atoms with Gasteiger partial charge in [0.2, 0.25) is 5.91 Å². The van der Waals surface area contributed by atoms with Gasteiger partial charge in [-0.05, 0) is 56.7 Å². The first-order valence-electron chi connectivity index (χ1n) is 8.72. The number of phenolic OH excluding ortho intramolecular Hbond substituents is 1. The van der Waals surface area contributed by atoms with Crippen molar-refractivity contribution in [1.29, 1.82) is 0 Å². The zero-order chi connectivity index (χ0) is 20.5. The summed E-state index contributed by atoms with van der Waals surface area (Å²) in [5.41, 5.74) is 6.97. The molecule has 0 aliphatic rings. The van der Waals surface area contributed by atoms with E-state index in [1.54, 1.807) is 57.2 Å². The lowest BCUT2D eigenvalue weighted by Gasteiger charge is -2.19. The molecule has 28 heavy (non-hydrogen) atoms. The maximum atomic E-state index is 12.3. The minimum Gasteiger partial charge on any atom is -0.508 e. The second-order valence-corrected chi connectivity index (χ2v) is 7.40. The Morgan fingerprint density at radius 1 is 1.21 bits per heavy atom.